The largest absolute Gasteiger partial charge is 0.481 e. The molecule has 1 aliphatic carbocycles. The second-order valence-corrected chi connectivity index (χ2v) is 4.82. The molecule has 1 aliphatic rings. The summed E-state index contributed by atoms with van der Waals surface area (Å²) in [5.74, 6) is 5.64. The van der Waals surface area contributed by atoms with E-state index in [2.05, 4.69) is 17.9 Å². The van der Waals surface area contributed by atoms with Crippen molar-refractivity contribution in [2.45, 2.75) is 38.5 Å². The van der Waals surface area contributed by atoms with Crippen LogP contribution in [0.4, 0.5) is 0 Å². The summed E-state index contributed by atoms with van der Waals surface area (Å²) in [5.41, 5.74) is 3.29. The van der Waals surface area contributed by atoms with Gasteiger partial charge in [0.1, 0.15) is 0 Å². The summed E-state index contributed by atoms with van der Waals surface area (Å²) in [6.07, 6.45) is 7.77. The Labute approximate surface area is 114 Å². The minimum absolute atomic E-state index is 0.178. The van der Waals surface area contributed by atoms with Crippen LogP contribution in [0.15, 0.2) is 35.9 Å². The predicted molar refractivity (Wildman–Crippen MR) is 75.8 cm³/mol. The zero-order valence-corrected chi connectivity index (χ0v) is 11.0. The Balaban J connectivity index is 1.96. The van der Waals surface area contributed by atoms with E-state index in [-0.39, 0.29) is 6.42 Å². The fraction of sp³-hybridized carbons (Fsp3) is 0.353. The van der Waals surface area contributed by atoms with Crippen LogP contribution in [0, 0.1) is 11.8 Å². The molecule has 0 amide bonds. The summed E-state index contributed by atoms with van der Waals surface area (Å²) in [4.78, 5) is 10.5. The second-order valence-electron chi connectivity index (χ2n) is 4.82. The molecule has 0 aromatic heterocycles. The minimum Gasteiger partial charge on any atom is -0.481 e. The van der Waals surface area contributed by atoms with Gasteiger partial charge in [0, 0.05) is 12.0 Å². The maximum absolute atomic E-state index is 10.5. The molecule has 1 aromatic carbocycles. The number of carboxylic acids is 1. The lowest BCUT2D eigenvalue weighted by molar-refractivity contribution is -0.136. The molecule has 0 aliphatic heterocycles. The van der Waals surface area contributed by atoms with Gasteiger partial charge in [0.25, 0.3) is 0 Å². The van der Waals surface area contributed by atoms with Crippen LogP contribution < -0.4 is 0 Å². The van der Waals surface area contributed by atoms with Gasteiger partial charge in [-0.05, 0) is 55.4 Å². The van der Waals surface area contributed by atoms with Crippen molar-refractivity contribution < 1.29 is 9.90 Å². The molecule has 0 spiro atoms. The number of carboxylic acid groups (broad SMARTS) is 1. The van der Waals surface area contributed by atoms with Crippen molar-refractivity contribution in [2.75, 3.05) is 0 Å². The first-order chi connectivity index (χ1) is 9.24. The lowest BCUT2D eigenvalue weighted by Gasteiger charge is -2.05. The van der Waals surface area contributed by atoms with Gasteiger partial charge in [0.15, 0.2) is 0 Å². The van der Waals surface area contributed by atoms with Crippen molar-refractivity contribution in [3.8, 4) is 11.8 Å². The monoisotopic (exact) mass is 254 g/mol. The number of hydrogen-bond acceptors (Lipinski definition) is 1. The first-order valence-electron chi connectivity index (χ1n) is 6.76. The zero-order valence-electron chi connectivity index (χ0n) is 11.0. The predicted octanol–water partition coefficient (Wildman–Crippen LogP) is 3.56. The summed E-state index contributed by atoms with van der Waals surface area (Å²) >= 11 is 0. The van der Waals surface area contributed by atoms with Crippen LogP contribution in [0.3, 0.4) is 0 Å². The maximum atomic E-state index is 10.5. The third kappa shape index (κ3) is 4.63. The smallest absolute Gasteiger partial charge is 0.303 e. The minimum atomic E-state index is -0.756. The Morgan fingerprint density at radius 2 is 1.95 bits per heavy atom. The molecule has 0 heterocycles. The molecule has 2 rings (SSSR count). The molecule has 0 unspecified atom stereocenters. The molecule has 98 valence electrons. The average molecular weight is 254 g/mol. The number of rotatable bonds is 3. The van der Waals surface area contributed by atoms with Gasteiger partial charge in [0.05, 0.1) is 0 Å². The van der Waals surface area contributed by atoms with E-state index < -0.39 is 5.97 Å². The Bertz CT molecular complexity index is 527. The van der Waals surface area contributed by atoms with E-state index in [1.807, 2.05) is 24.3 Å². The van der Waals surface area contributed by atoms with E-state index in [4.69, 9.17) is 5.11 Å². The molecule has 1 N–H and O–H groups in total. The van der Waals surface area contributed by atoms with E-state index in [9.17, 15) is 4.79 Å². The van der Waals surface area contributed by atoms with Gasteiger partial charge in [-0.25, -0.2) is 0 Å². The summed E-state index contributed by atoms with van der Waals surface area (Å²) in [5, 5.41) is 8.63. The summed E-state index contributed by atoms with van der Waals surface area (Å²) < 4.78 is 0. The standard InChI is InChI=1S/C17H18O2/c18-17(19)13-12-16-10-8-15(9-11-16)7-6-14-4-2-1-3-5-14/h4,8-11H,1-3,5,12-13H2,(H,18,19). The van der Waals surface area contributed by atoms with Crippen LogP contribution in [0.5, 0.6) is 0 Å². The fourth-order valence-corrected chi connectivity index (χ4v) is 2.11. The van der Waals surface area contributed by atoms with E-state index in [0.29, 0.717) is 6.42 Å². The van der Waals surface area contributed by atoms with Gasteiger partial charge < -0.3 is 5.11 Å². The van der Waals surface area contributed by atoms with E-state index in [1.165, 1.54) is 18.4 Å². The number of benzene rings is 1. The van der Waals surface area contributed by atoms with Crippen LogP contribution in [0.2, 0.25) is 0 Å². The highest BCUT2D eigenvalue weighted by Crippen LogP contribution is 2.16. The van der Waals surface area contributed by atoms with Crippen molar-refractivity contribution in [3.05, 3.63) is 47.0 Å². The van der Waals surface area contributed by atoms with Crippen molar-refractivity contribution >= 4 is 5.97 Å². The Kier molecular flexibility index (Phi) is 4.80. The van der Waals surface area contributed by atoms with E-state index in [1.54, 1.807) is 0 Å². The van der Waals surface area contributed by atoms with Gasteiger partial charge in [-0.3, -0.25) is 4.79 Å². The van der Waals surface area contributed by atoms with E-state index in [0.717, 1.165) is 24.0 Å². The van der Waals surface area contributed by atoms with Crippen molar-refractivity contribution in [3.63, 3.8) is 0 Å². The normalized spacial score (nSPS) is 14.2. The molecule has 0 bridgehead atoms. The van der Waals surface area contributed by atoms with Gasteiger partial charge in [-0.15, -0.1) is 0 Å². The van der Waals surface area contributed by atoms with Crippen LogP contribution in [-0.4, -0.2) is 11.1 Å². The summed E-state index contributed by atoms with van der Waals surface area (Å²) in [6.45, 7) is 0. The highest BCUT2D eigenvalue weighted by Gasteiger charge is 2.00. The quantitative estimate of drug-likeness (QED) is 0.837. The Morgan fingerprint density at radius 3 is 2.58 bits per heavy atom. The van der Waals surface area contributed by atoms with Gasteiger partial charge in [0.2, 0.25) is 0 Å². The van der Waals surface area contributed by atoms with Crippen LogP contribution in [0.1, 0.15) is 43.2 Å². The first kappa shape index (κ1) is 13.4. The zero-order chi connectivity index (χ0) is 13.5. The summed E-state index contributed by atoms with van der Waals surface area (Å²) in [6, 6.07) is 7.85. The van der Waals surface area contributed by atoms with Gasteiger partial charge in [-0.1, -0.05) is 30.0 Å². The fourth-order valence-electron chi connectivity index (χ4n) is 2.11. The number of hydrogen-bond donors (Lipinski definition) is 1. The maximum Gasteiger partial charge on any atom is 0.303 e. The third-order valence-corrected chi connectivity index (χ3v) is 3.24. The van der Waals surface area contributed by atoms with Gasteiger partial charge >= 0.3 is 5.97 Å². The molecule has 19 heavy (non-hydrogen) atoms. The topological polar surface area (TPSA) is 37.3 Å². The number of aliphatic carboxylic acids is 1. The summed E-state index contributed by atoms with van der Waals surface area (Å²) in [7, 11) is 0. The number of carbonyl (C=O) groups is 1. The van der Waals surface area contributed by atoms with Crippen molar-refractivity contribution in [2.24, 2.45) is 0 Å². The lowest BCUT2D eigenvalue weighted by atomic mass is 10.00. The average Bonchev–Trinajstić information content (AvgIpc) is 2.45. The van der Waals surface area contributed by atoms with Gasteiger partial charge in [-0.2, -0.15) is 0 Å². The third-order valence-electron chi connectivity index (χ3n) is 3.24. The van der Waals surface area contributed by atoms with Crippen LogP contribution >= 0.6 is 0 Å². The second kappa shape index (κ2) is 6.80. The number of allylic oxidation sites excluding steroid dienone is 2. The molecule has 2 nitrogen and oxygen atoms in total. The molecule has 1 aromatic rings. The van der Waals surface area contributed by atoms with E-state index >= 15 is 0 Å². The molecular weight excluding hydrogens is 236 g/mol. The lowest BCUT2D eigenvalue weighted by Crippen LogP contribution is -1.97. The molecule has 0 radical (unpaired) electrons. The molecule has 2 heteroatoms. The molecule has 0 atom stereocenters. The first-order valence-corrected chi connectivity index (χ1v) is 6.76. The highest BCUT2D eigenvalue weighted by atomic mass is 16.4. The number of aryl methyl sites for hydroxylation is 1. The Morgan fingerprint density at radius 1 is 1.16 bits per heavy atom. The molecule has 0 saturated carbocycles. The molecule has 0 saturated heterocycles. The van der Waals surface area contributed by atoms with Crippen molar-refractivity contribution in [1.82, 2.24) is 0 Å². The highest BCUT2D eigenvalue weighted by molar-refractivity contribution is 5.67. The SMILES string of the molecule is O=C(O)CCc1ccc(C#CC2=CCCCC2)cc1. The van der Waals surface area contributed by atoms with Crippen LogP contribution in [0.25, 0.3) is 0 Å². The van der Waals surface area contributed by atoms with Crippen LogP contribution in [-0.2, 0) is 11.2 Å². The van der Waals surface area contributed by atoms with Crippen molar-refractivity contribution in [1.29, 1.82) is 0 Å². The Hall–Kier alpha value is -2.01. The molecule has 0 fully saturated rings. The molecular formula is C17H18O2.